The number of hydrogen-bond acceptors (Lipinski definition) is 5. The predicted molar refractivity (Wildman–Crippen MR) is 115 cm³/mol. The molecule has 29 heavy (non-hydrogen) atoms. The number of hydrogen-bond donors (Lipinski definition) is 1. The van der Waals surface area contributed by atoms with Gasteiger partial charge in [0.2, 0.25) is 0 Å². The van der Waals surface area contributed by atoms with E-state index in [4.69, 9.17) is 4.74 Å². The summed E-state index contributed by atoms with van der Waals surface area (Å²) < 4.78 is 5.25. The quantitative estimate of drug-likeness (QED) is 0.537. The fourth-order valence-electron chi connectivity index (χ4n) is 3.02. The molecule has 150 valence electrons. The van der Waals surface area contributed by atoms with E-state index in [0.29, 0.717) is 10.6 Å². The fourth-order valence-corrected chi connectivity index (χ4v) is 3.98. The second-order valence-electron chi connectivity index (χ2n) is 6.70. The van der Waals surface area contributed by atoms with E-state index in [2.05, 4.69) is 17.2 Å². The van der Waals surface area contributed by atoms with Crippen LogP contribution in [-0.2, 0) is 9.53 Å². The van der Waals surface area contributed by atoms with E-state index >= 15 is 0 Å². The zero-order valence-electron chi connectivity index (χ0n) is 16.6. The topological polar surface area (TPSA) is 68.3 Å². The Hall–Kier alpha value is -2.99. The van der Waals surface area contributed by atoms with E-state index in [1.54, 1.807) is 6.92 Å². The highest BCUT2D eigenvalue weighted by molar-refractivity contribution is 7.17. The van der Waals surface area contributed by atoms with E-state index in [-0.39, 0.29) is 18.6 Å². The molecule has 0 fully saturated rings. The van der Waals surface area contributed by atoms with Crippen molar-refractivity contribution in [3.63, 3.8) is 0 Å². The largest absolute Gasteiger partial charge is 0.451 e. The summed E-state index contributed by atoms with van der Waals surface area (Å²) in [5, 5.41) is 3.71. The van der Waals surface area contributed by atoms with Crippen LogP contribution in [0.15, 0.2) is 60.7 Å². The number of carbonyl (C=O) groups is 2. The number of rotatable bonds is 8. The first kappa shape index (κ1) is 20.7. The van der Waals surface area contributed by atoms with Crippen molar-refractivity contribution in [2.75, 3.05) is 6.61 Å². The molecule has 2 aromatic carbocycles. The number of aryl methyl sites for hydroxylation is 1. The lowest BCUT2D eigenvalue weighted by molar-refractivity contribution is -0.125. The molecule has 0 spiro atoms. The number of thiazole rings is 1. The van der Waals surface area contributed by atoms with Gasteiger partial charge in [0.05, 0.1) is 11.7 Å². The number of benzene rings is 2. The molecule has 1 atom stereocenters. The van der Waals surface area contributed by atoms with Crippen LogP contribution in [0.25, 0.3) is 10.6 Å². The second-order valence-corrected chi connectivity index (χ2v) is 7.69. The van der Waals surface area contributed by atoms with Crippen molar-refractivity contribution in [2.24, 2.45) is 0 Å². The van der Waals surface area contributed by atoms with Crippen molar-refractivity contribution in [1.29, 1.82) is 0 Å². The van der Waals surface area contributed by atoms with Crippen LogP contribution >= 0.6 is 11.3 Å². The van der Waals surface area contributed by atoms with Crippen molar-refractivity contribution in [3.8, 4) is 10.6 Å². The number of nitrogens with zero attached hydrogens (tertiary/aromatic N) is 1. The van der Waals surface area contributed by atoms with E-state index < -0.39 is 5.97 Å². The van der Waals surface area contributed by atoms with Crippen molar-refractivity contribution < 1.29 is 14.3 Å². The van der Waals surface area contributed by atoms with Crippen LogP contribution in [0.5, 0.6) is 0 Å². The predicted octanol–water partition coefficient (Wildman–Crippen LogP) is 4.93. The Morgan fingerprint density at radius 1 is 1.07 bits per heavy atom. The zero-order valence-corrected chi connectivity index (χ0v) is 17.4. The summed E-state index contributed by atoms with van der Waals surface area (Å²) in [7, 11) is 0. The molecule has 1 heterocycles. The van der Waals surface area contributed by atoms with Gasteiger partial charge in [0, 0.05) is 5.56 Å². The molecular formula is C23H24N2O3S. The van der Waals surface area contributed by atoms with Gasteiger partial charge in [-0.1, -0.05) is 74.0 Å². The van der Waals surface area contributed by atoms with Crippen LogP contribution in [0.3, 0.4) is 0 Å². The molecule has 1 aromatic heterocycles. The highest BCUT2D eigenvalue weighted by Gasteiger charge is 2.20. The smallest absolute Gasteiger partial charge is 0.350 e. The van der Waals surface area contributed by atoms with Gasteiger partial charge in [-0.2, -0.15) is 0 Å². The second kappa shape index (κ2) is 9.98. The standard InChI is InChI=1S/C23H24N2O3S/c1-3-10-19(17-11-6-4-7-12-17)25-20(26)15-28-23(27)21-16(2)24-22(29-21)18-13-8-5-9-14-18/h4-9,11-14,19H,3,10,15H2,1-2H3,(H,25,26)/t19-/m1/s1. The molecule has 0 radical (unpaired) electrons. The van der Waals surface area contributed by atoms with Gasteiger partial charge in [0.1, 0.15) is 9.88 Å². The van der Waals surface area contributed by atoms with Crippen LogP contribution in [0, 0.1) is 6.92 Å². The lowest BCUT2D eigenvalue weighted by atomic mass is 10.0. The first-order chi connectivity index (χ1) is 14.1. The average Bonchev–Trinajstić information content (AvgIpc) is 3.15. The van der Waals surface area contributed by atoms with Crippen LogP contribution in [0.1, 0.15) is 46.7 Å². The minimum Gasteiger partial charge on any atom is -0.451 e. The van der Waals surface area contributed by atoms with E-state index in [1.807, 2.05) is 60.7 Å². The van der Waals surface area contributed by atoms with Gasteiger partial charge in [0.15, 0.2) is 6.61 Å². The molecule has 3 aromatic rings. The minimum atomic E-state index is -0.524. The molecule has 0 aliphatic carbocycles. The highest BCUT2D eigenvalue weighted by Crippen LogP contribution is 2.28. The molecule has 0 aliphatic rings. The molecule has 1 N–H and O–H groups in total. The van der Waals surface area contributed by atoms with Gasteiger partial charge in [-0.25, -0.2) is 9.78 Å². The zero-order chi connectivity index (χ0) is 20.6. The van der Waals surface area contributed by atoms with E-state index in [1.165, 1.54) is 11.3 Å². The molecule has 0 saturated heterocycles. The van der Waals surface area contributed by atoms with Crippen LogP contribution in [-0.4, -0.2) is 23.5 Å². The third kappa shape index (κ3) is 5.51. The van der Waals surface area contributed by atoms with Gasteiger partial charge in [-0.15, -0.1) is 11.3 Å². The van der Waals surface area contributed by atoms with Crippen molar-refractivity contribution in [3.05, 3.63) is 76.8 Å². The molecule has 3 rings (SSSR count). The maximum absolute atomic E-state index is 12.5. The molecule has 0 unspecified atom stereocenters. The molecule has 0 saturated carbocycles. The summed E-state index contributed by atoms with van der Waals surface area (Å²) in [6.45, 7) is 3.52. The molecule has 1 amide bonds. The van der Waals surface area contributed by atoms with E-state index in [9.17, 15) is 9.59 Å². The summed E-state index contributed by atoms with van der Waals surface area (Å²) in [5.41, 5.74) is 2.59. The lowest BCUT2D eigenvalue weighted by Gasteiger charge is -2.18. The molecular weight excluding hydrogens is 384 g/mol. The Morgan fingerprint density at radius 2 is 1.72 bits per heavy atom. The minimum absolute atomic E-state index is 0.0952. The Labute approximate surface area is 174 Å². The summed E-state index contributed by atoms with van der Waals surface area (Å²) >= 11 is 1.27. The van der Waals surface area contributed by atoms with Gasteiger partial charge < -0.3 is 10.1 Å². The number of amides is 1. The summed E-state index contributed by atoms with van der Waals surface area (Å²) in [4.78, 5) is 29.7. The number of carbonyl (C=O) groups excluding carboxylic acids is 2. The number of aromatic nitrogens is 1. The first-order valence-corrected chi connectivity index (χ1v) is 10.4. The number of esters is 1. The highest BCUT2D eigenvalue weighted by atomic mass is 32.1. The summed E-state index contributed by atoms with van der Waals surface area (Å²) in [5.74, 6) is -0.838. The maximum atomic E-state index is 12.5. The fraction of sp³-hybridized carbons (Fsp3) is 0.261. The molecule has 5 nitrogen and oxygen atoms in total. The Bertz CT molecular complexity index is 955. The monoisotopic (exact) mass is 408 g/mol. The van der Waals surface area contributed by atoms with Crippen molar-refractivity contribution >= 4 is 23.2 Å². The summed E-state index contributed by atoms with van der Waals surface area (Å²) in [6, 6.07) is 19.4. The first-order valence-electron chi connectivity index (χ1n) is 9.62. The Morgan fingerprint density at radius 3 is 2.38 bits per heavy atom. The van der Waals surface area contributed by atoms with Crippen LogP contribution < -0.4 is 5.32 Å². The Balaban J connectivity index is 1.60. The summed E-state index contributed by atoms with van der Waals surface area (Å²) in [6.07, 6.45) is 1.75. The Kier molecular flexibility index (Phi) is 7.14. The number of ether oxygens (including phenoxy) is 1. The third-order valence-electron chi connectivity index (χ3n) is 4.45. The van der Waals surface area contributed by atoms with Crippen LogP contribution in [0.4, 0.5) is 0 Å². The third-order valence-corrected chi connectivity index (χ3v) is 5.64. The van der Waals surface area contributed by atoms with Crippen molar-refractivity contribution in [2.45, 2.75) is 32.7 Å². The maximum Gasteiger partial charge on any atom is 0.350 e. The SMILES string of the molecule is CCC[C@@H](NC(=O)COC(=O)c1sc(-c2ccccc2)nc1C)c1ccccc1. The van der Waals surface area contributed by atoms with Crippen LogP contribution in [0.2, 0.25) is 0 Å². The average molecular weight is 409 g/mol. The molecule has 6 heteroatoms. The van der Waals surface area contributed by atoms with Gasteiger partial charge >= 0.3 is 5.97 Å². The molecule has 0 aliphatic heterocycles. The molecule has 0 bridgehead atoms. The van der Waals surface area contributed by atoms with Gasteiger partial charge in [-0.3, -0.25) is 4.79 Å². The normalized spacial score (nSPS) is 11.7. The number of nitrogens with one attached hydrogen (secondary N) is 1. The van der Waals surface area contributed by atoms with Crippen molar-refractivity contribution in [1.82, 2.24) is 10.3 Å². The van der Waals surface area contributed by atoms with Gasteiger partial charge in [-0.05, 0) is 18.9 Å². The van der Waals surface area contributed by atoms with E-state index in [0.717, 1.165) is 29.0 Å². The lowest BCUT2D eigenvalue weighted by Crippen LogP contribution is -2.32. The van der Waals surface area contributed by atoms with Gasteiger partial charge in [0.25, 0.3) is 5.91 Å².